The van der Waals surface area contributed by atoms with Gasteiger partial charge in [-0.3, -0.25) is 10.1 Å². The molecule has 1 aliphatic carbocycles. The Kier molecular flexibility index (Phi) is 6.27. The van der Waals surface area contributed by atoms with Crippen molar-refractivity contribution in [2.24, 2.45) is 5.92 Å². The van der Waals surface area contributed by atoms with Crippen LogP contribution in [0.1, 0.15) is 59.8 Å². The molecule has 0 amide bonds. The van der Waals surface area contributed by atoms with Crippen LogP contribution in [-0.2, 0) is 9.53 Å². The summed E-state index contributed by atoms with van der Waals surface area (Å²) in [5.74, 6) is -0.524. The first-order valence-corrected chi connectivity index (χ1v) is 7.55. The summed E-state index contributed by atoms with van der Waals surface area (Å²) in [7, 11) is 0. The maximum atomic E-state index is 11.7. The Morgan fingerprint density at radius 2 is 2.16 bits per heavy atom. The molecule has 0 aromatic heterocycles. The van der Waals surface area contributed by atoms with Gasteiger partial charge in [-0.05, 0) is 52.4 Å². The lowest BCUT2D eigenvalue weighted by Gasteiger charge is -2.34. The molecule has 3 unspecified atom stereocenters. The van der Waals surface area contributed by atoms with E-state index in [9.17, 15) is 9.90 Å². The van der Waals surface area contributed by atoms with Crippen molar-refractivity contribution in [2.75, 3.05) is 6.61 Å². The molecule has 0 aromatic rings. The predicted octanol–water partition coefficient (Wildman–Crippen LogP) is 2.81. The summed E-state index contributed by atoms with van der Waals surface area (Å²) in [5.41, 5.74) is -0.743. The molecule has 0 spiro atoms. The molecule has 1 rings (SSSR count). The molecule has 1 aliphatic rings. The zero-order valence-corrected chi connectivity index (χ0v) is 12.7. The number of ether oxygens (including phenoxy) is 1. The van der Waals surface area contributed by atoms with Crippen LogP contribution in [0.15, 0.2) is 0 Å². The minimum absolute atomic E-state index is 0.177. The molecule has 0 bridgehead atoms. The molecule has 0 aromatic carbocycles. The number of carboxylic acid groups (broad SMARTS) is 1. The number of nitrogens with one attached hydrogen (secondary N) is 1. The van der Waals surface area contributed by atoms with Gasteiger partial charge in [0.2, 0.25) is 0 Å². The Labute approximate surface area is 116 Å². The molecule has 0 saturated heterocycles. The third kappa shape index (κ3) is 4.18. The van der Waals surface area contributed by atoms with Crippen molar-refractivity contribution in [3.05, 3.63) is 0 Å². The summed E-state index contributed by atoms with van der Waals surface area (Å²) in [6.45, 7) is 8.84. The van der Waals surface area contributed by atoms with Gasteiger partial charge in [-0.2, -0.15) is 0 Å². The van der Waals surface area contributed by atoms with Crippen LogP contribution in [0, 0.1) is 5.92 Å². The normalized spacial score (nSPS) is 28.8. The second-order valence-corrected chi connectivity index (χ2v) is 6.04. The van der Waals surface area contributed by atoms with Gasteiger partial charge in [-0.25, -0.2) is 0 Å². The third-order valence-corrected chi connectivity index (χ3v) is 4.19. The number of hydrogen-bond donors (Lipinski definition) is 2. The maximum Gasteiger partial charge on any atom is 0.324 e. The summed E-state index contributed by atoms with van der Waals surface area (Å²) < 4.78 is 5.71. The van der Waals surface area contributed by atoms with Crippen LogP contribution in [0.4, 0.5) is 0 Å². The first-order valence-electron chi connectivity index (χ1n) is 7.55. The molecule has 112 valence electrons. The van der Waals surface area contributed by atoms with Gasteiger partial charge in [0, 0.05) is 12.6 Å². The standard InChI is InChI=1S/C15H29NO3/c1-5-12(4)19-10-8-13-7-6-9-15(13,14(17)18)16-11(2)3/h11-13,16H,5-10H2,1-4H3,(H,17,18). The van der Waals surface area contributed by atoms with Crippen molar-refractivity contribution in [3.8, 4) is 0 Å². The molecule has 2 N–H and O–H groups in total. The summed E-state index contributed by atoms with van der Waals surface area (Å²) in [4.78, 5) is 11.7. The smallest absolute Gasteiger partial charge is 0.324 e. The van der Waals surface area contributed by atoms with Crippen LogP contribution in [0.5, 0.6) is 0 Å². The number of carbonyl (C=O) groups is 1. The number of rotatable bonds is 8. The van der Waals surface area contributed by atoms with E-state index in [1.54, 1.807) is 0 Å². The summed E-state index contributed by atoms with van der Waals surface area (Å²) in [6, 6.07) is 0.187. The zero-order valence-electron chi connectivity index (χ0n) is 12.7. The number of hydrogen-bond acceptors (Lipinski definition) is 3. The molecule has 3 atom stereocenters. The Balaban J connectivity index is 2.61. The molecule has 19 heavy (non-hydrogen) atoms. The second kappa shape index (κ2) is 7.25. The van der Waals surface area contributed by atoms with Crippen LogP contribution < -0.4 is 5.32 Å². The van der Waals surface area contributed by atoms with Crippen LogP contribution in [0.3, 0.4) is 0 Å². The van der Waals surface area contributed by atoms with Crippen LogP contribution in [-0.4, -0.2) is 35.4 Å². The monoisotopic (exact) mass is 271 g/mol. The Hall–Kier alpha value is -0.610. The van der Waals surface area contributed by atoms with Gasteiger partial charge < -0.3 is 9.84 Å². The van der Waals surface area contributed by atoms with Gasteiger partial charge in [-0.15, -0.1) is 0 Å². The highest BCUT2D eigenvalue weighted by atomic mass is 16.5. The van der Waals surface area contributed by atoms with Crippen LogP contribution in [0.2, 0.25) is 0 Å². The Bertz CT molecular complexity index is 293. The minimum Gasteiger partial charge on any atom is -0.480 e. The highest BCUT2D eigenvalue weighted by Gasteiger charge is 2.48. The van der Waals surface area contributed by atoms with Crippen LogP contribution >= 0.6 is 0 Å². The average molecular weight is 271 g/mol. The van der Waals surface area contributed by atoms with Crippen molar-refractivity contribution in [1.29, 1.82) is 0 Å². The molecular formula is C15H29NO3. The molecule has 4 nitrogen and oxygen atoms in total. The topological polar surface area (TPSA) is 58.6 Å². The second-order valence-electron chi connectivity index (χ2n) is 6.04. The van der Waals surface area contributed by atoms with Gasteiger partial charge in [-0.1, -0.05) is 13.3 Å². The fraction of sp³-hybridized carbons (Fsp3) is 0.933. The molecule has 1 fully saturated rings. The van der Waals surface area contributed by atoms with E-state index in [4.69, 9.17) is 4.74 Å². The van der Waals surface area contributed by atoms with Crippen LogP contribution in [0.25, 0.3) is 0 Å². The zero-order chi connectivity index (χ0) is 14.5. The first-order chi connectivity index (χ1) is 8.92. The van der Waals surface area contributed by atoms with Gasteiger partial charge in [0.25, 0.3) is 0 Å². The fourth-order valence-corrected chi connectivity index (χ4v) is 3.05. The SMILES string of the molecule is CCC(C)OCCC1CCCC1(NC(C)C)C(=O)O. The van der Waals surface area contributed by atoms with Gasteiger partial charge >= 0.3 is 5.97 Å². The lowest BCUT2D eigenvalue weighted by molar-refractivity contribution is -0.147. The first kappa shape index (κ1) is 16.4. The van der Waals surface area contributed by atoms with Gasteiger partial charge in [0.05, 0.1) is 6.10 Å². The van der Waals surface area contributed by atoms with E-state index in [-0.39, 0.29) is 18.1 Å². The van der Waals surface area contributed by atoms with E-state index in [1.165, 1.54) is 0 Å². The summed E-state index contributed by atoms with van der Waals surface area (Å²) >= 11 is 0. The van der Waals surface area contributed by atoms with Crippen molar-refractivity contribution in [3.63, 3.8) is 0 Å². The highest BCUT2D eigenvalue weighted by Crippen LogP contribution is 2.38. The van der Waals surface area contributed by atoms with Gasteiger partial charge in [0.1, 0.15) is 5.54 Å². The highest BCUT2D eigenvalue weighted by molar-refractivity contribution is 5.79. The van der Waals surface area contributed by atoms with Crippen molar-refractivity contribution in [2.45, 2.75) is 77.5 Å². The average Bonchev–Trinajstić information content (AvgIpc) is 2.72. The lowest BCUT2D eigenvalue weighted by atomic mass is 9.84. The molecule has 0 radical (unpaired) electrons. The lowest BCUT2D eigenvalue weighted by Crippen LogP contribution is -2.57. The summed E-state index contributed by atoms with van der Waals surface area (Å²) in [6.07, 6.45) is 4.79. The molecule has 0 heterocycles. The predicted molar refractivity (Wildman–Crippen MR) is 76.3 cm³/mol. The number of aliphatic carboxylic acids is 1. The van der Waals surface area contributed by atoms with E-state index in [2.05, 4.69) is 19.2 Å². The van der Waals surface area contributed by atoms with E-state index in [0.29, 0.717) is 6.61 Å². The molecule has 4 heteroatoms. The minimum atomic E-state index is -0.743. The van der Waals surface area contributed by atoms with E-state index in [1.807, 2.05) is 13.8 Å². The Morgan fingerprint density at radius 3 is 2.68 bits per heavy atom. The van der Waals surface area contributed by atoms with Gasteiger partial charge in [0.15, 0.2) is 0 Å². The van der Waals surface area contributed by atoms with E-state index in [0.717, 1.165) is 32.1 Å². The maximum absolute atomic E-state index is 11.7. The number of carboxylic acids is 1. The molecular weight excluding hydrogens is 242 g/mol. The summed E-state index contributed by atoms with van der Waals surface area (Å²) in [5, 5.41) is 12.9. The van der Waals surface area contributed by atoms with E-state index >= 15 is 0 Å². The largest absolute Gasteiger partial charge is 0.480 e. The molecule has 0 aliphatic heterocycles. The van der Waals surface area contributed by atoms with Crippen molar-refractivity contribution >= 4 is 5.97 Å². The van der Waals surface area contributed by atoms with Crippen molar-refractivity contribution < 1.29 is 14.6 Å². The fourth-order valence-electron chi connectivity index (χ4n) is 3.05. The third-order valence-electron chi connectivity index (χ3n) is 4.19. The van der Waals surface area contributed by atoms with Crippen molar-refractivity contribution in [1.82, 2.24) is 5.32 Å². The molecule has 1 saturated carbocycles. The van der Waals surface area contributed by atoms with E-state index < -0.39 is 11.5 Å². The quantitative estimate of drug-likeness (QED) is 0.712. The Morgan fingerprint density at radius 1 is 1.47 bits per heavy atom.